The number of carbonyl (C=O) groups excluding carboxylic acids is 2. The fourth-order valence-corrected chi connectivity index (χ4v) is 11.7. The van der Waals surface area contributed by atoms with Gasteiger partial charge in [-0.1, -0.05) is 45.7 Å². The number of carbonyl (C=O) groups is 2. The summed E-state index contributed by atoms with van der Waals surface area (Å²) in [4.78, 5) is 80.2. The predicted octanol–water partition coefficient (Wildman–Crippen LogP) is 8.89. The van der Waals surface area contributed by atoms with E-state index in [1.54, 1.807) is 0 Å². The second kappa shape index (κ2) is 63.9. The van der Waals surface area contributed by atoms with Crippen molar-refractivity contribution in [1.82, 2.24) is 29.1 Å². The number of nitrogens with two attached hydrogens (primary N) is 5. The molecule has 140 heavy (non-hydrogen) atoms. The standard InChI is InChI=1S/C30H42N10.3C9H6N4O4S.2C7H7N3O2.C3H4N4O2S.2CH5N3.Co.3H2O/c1-35(27-15-11-25(12-16-27)31-33-29-37(3)21-22-38(29)4)19-9-7-8-10-20-36(2)28-17-13-26(14-18-28)32-34-30-39(5)23-24-40(30)6;3*14-5-1-2-6(7(15)3-5)11-12-9-10-4-8(18-9)13(16)17;2*8-4-9-10-6-2-1-5(11)3-7(6)12;4-6-3-5-1-2(10-3)7(8)9;2*2-1-4-3;;;;/h11-18,21-24H,7-10,19-20H2,1-6H3;2*1-4H,(H2,10,12,14,15);1-4,14-15H;2*1-4,8,11-12H;1H,4H2,(H,5,6);2*1H,3H2,(H2,2,4);;3*1H2/q+2;;;;;;;;;;;;/p-2. The number of ketones is 2. The number of phenols is 6. The Bertz CT molecular complexity index is 6120. The predicted molar refractivity (Wildman–Crippen MR) is 514 cm³/mol. The zero-order valence-corrected chi connectivity index (χ0v) is 78.2. The van der Waals surface area contributed by atoms with Crippen LogP contribution in [0.2, 0.25) is 0 Å². The molecular formula is C76H92CoN38O21S4. The minimum absolute atomic E-state index is 0. The maximum Gasteiger partial charge on any atom is 0.421 e. The van der Waals surface area contributed by atoms with E-state index in [1.807, 2.05) is 95.5 Å². The summed E-state index contributed by atoms with van der Waals surface area (Å²) in [7, 11) is 12.2. The van der Waals surface area contributed by atoms with Crippen LogP contribution in [0.1, 0.15) is 25.7 Å². The van der Waals surface area contributed by atoms with Gasteiger partial charge in [-0.3, -0.25) is 76.5 Å². The summed E-state index contributed by atoms with van der Waals surface area (Å²) < 4.78 is 7.79. The first-order valence-corrected chi connectivity index (χ1v) is 41.1. The van der Waals surface area contributed by atoms with Gasteiger partial charge in [-0.25, -0.2) is 34.1 Å². The molecule has 6 aromatic heterocycles. The molecule has 0 bridgehead atoms. The third-order valence-electron chi connectivity index (χ3n) is 16.0. The average molecular weight is 2060 g/mol. The number of anilines is 3. The number of aliphatic hydroxyl groups is 2. The number of aromatic nitrogens is 8. The number of hydrogen-bond donors (Lipinski definition) is 16. The molecule has 0 atom stereocenters. The van der Waals surface area contributed by atoms with Gasteiger partial charge in [0.2, 0.25) is 10.3 Å². The van der Waals surface area contributed by atoms with E-state index < -0.39 is 19.7 Å². The molecule has 27 N–H and O–H groups in total. The maximum absolute atomic E-state index is 10.9. The fraction of sp³-hybridized carbons (Fsp3) is 0.158. The minimum Gasteiger partial charge on any atom is -0.508 e. The van der Waals surface area contributed by atoms with E-state index in [1.165, 1.54) is 97.8 Å². The molecule has 6 heterocycles. The van der Waals surface area contributed by atoms with Crippen LogP contribution in [0.3, 0.4) is 0 Å². The first kappa shape index (κ1) is 120. The van der Waals surface area contributed by atoms with Crippen molar-refractivity contribution < 1.29 is 112 Å². The third-order valence-corrected chi connectivity index (χ3v) is 19.4. The van der Waals surface area contributed by atoms with Crippen molar-refractivity contribution in [1.29, 1.82) is 10.8 Å². The summed E-state index contributed by atoms with van der Waals surface area (Å²) in [5.74, 6) is 13.4. The Kier molecular flexibility index (Phi) is 54.8. The number of nitrogens with zero attached hydrogens (tertiary/aromatic N) is 30. The molecule has 13 rings (SSSR count). The minimum atomic E-state index is -0.583. The van der Waals surface area contributed by atoms with Gasteiger partial charge in [0.15, 0.2) is 11.6 Å². The molecule has 0 fully saturated rings. The number of allylic oxidation sites excluding steroid dienone is 6. The van der Waals surface area contributed by atoms with Crippen LogP contribution >= 0.6 is 45.3 Å². The molecule has 1 radical (unpaired) electrons. The maximum atomic E-state index is 10.9. The number of benzene rings is 5. The number of aliphatic hydroxyl groups excluding tert-OH is 2. The summed E-state index contributed by atoms with van der Waals surface area (Å²) in [6.07, 6.45) is 27.6. The van der Waals surface area contributed by atoms with Crippen molar-refractivity contribution in [2.45, 2.75) is 25.7 Å². The number of hydrazone groups is 2. The van der Waals surface area contributed by atoms with Gasteiger partial charge >= 0.3 is 31.9 Å². The number of hydrazine groups is 1. The van der Waals surface area contributed by atoms with Crippen molar-refractivity contribution in [2.24, 2.45) is 139 Å². The van der Waals surface area contributed by atoms with Crippen LogP contribution in [0, 0.1) is 51.3 Å². The molecule has 745 valence electrons. The number of hydrogen-bond acceptors (Lipinski definition) is 46. The number of phenolic OH excluding ortho intramolecular Hbond substituents is 6. The Morgan fingerprint density at radius 1 is 0.493 bits per heavy atom. The topological polar surface area (TPSA) is 929 Å². The van der Waals surface area contributed by atoms with Crippen LogP contribution in [0.15, 0.2) is 282 Å². The van der Waals surface area contributed by atoms with E-state index >= 15 is 0 Å². The molecule has 0 saturated heterocycles. The van der Waals surface area contributed by atoms with Crippen LogP contribution in [-0.4, -0.2) is 172 Å². The average Bonchev–Trinajstić information content (AvgIpc) is 1.72. The first-order valence-electron chi connectivity index (χ1n) is 37.9. The first-order chi connectivity index (χ1) is 65.0. The van der Waals surface area contributed by atoms with E-state index in [2.05, 4.69) is 178 Å². The largest absolute Gasteiger partial charge is 0.508 e. The Hall–Kier alpha value is -18.1. The van der Waals surface area contributed by atoms with Crippen molar-refractivity contribution in [3.8, 4) is 34.5 Å². The van der Waals surface area contributed by atoms with Crippen molar-refractivity contribution in [2.75, 3.05) is 42.4 Å². The molecule has 2 aliphatic carbocycles. The van der Waals surface area contributed by atoms with Crippen LogP contribution in [0.25, 0.3) is 0 Å². The quantitative estimate of drug-likeness (QED) is 0.00277. The number of unbranched alkanes of at least 4 members (excludes halogenated alkanes) is 3. The van der Waals surface area contributed by atoms with E-state index in [0.29, 0.717) is 5.13 Å². The van der Waals surface area contributed by atoms with Gasteiger partial charge in [0.05, 0.1) is 72.7 Å². The van der Waals surface area contributed by atoms with Gasteiger partial charge < -0.3 is 110 Å². The van der Waals surface area contributed by atoms with Gasteiger partial charge in [-0.15, -0.1) is 30.7 Å². The molecule has 11 aromatic rings. The van der Waals surface area contributed by atoms with Crippen LogP contribution in [0.4, 0.5) is 82.0 Å². The van der Waals surface area contributed by atoms with Crippen molar-refractivity contribution >= 4 is 176 Å². The molecule has 2 aliphatic rings. The van der Waals surface area contributed by atoms with Crippen LogP contribution < -0.4 is 72.9 Å². The summed E-state index contributed by atoms with van der Waals surface area (Å²) in [6, 6.07) is 28.2. The number of rotatable bonds is 26. The number of nitrogen functional groups attached to an aromatic ring is 1. The number of azo groups is 5. The Morgan fingerprint density at radius 2 is 0.850 bits per heavy atom. The normalized spacial score (nSPS) is 12.4. The zero-order chi connectivity index (χ0) is 100. The van der Waals surface area contributed by atoms with Crippen LogP contribution in [0.5, 0.6) is 34.5 Å². The number of imidazole rings is 2. The molecule has 64 heteroatoms. The Balaban J connectivity index is 0.000000844. The zero-order valence-electron chi connectivity index (χ0n) is 73.9. The molecule has 0 amide bonds. The monoisotopic (exact) mass is 2060 g/mol. The molecule has 59 nitrogen and oxygen atoms in total. The fourth-order valence-electron chi connectivity index (χ4n) is 9.52. The molecule has 5 aromatic carbocycles. The number of nitrogens with one attached hydrogen (secondary N) is 3. The summed E-state index contributed by atoms with van der Waals surface area (Å²) in [5, 5.41) is 186. The second-order valence-corrected chi connectivity index (χ2v) is 29.6. The summed E-state index contributed by atoms with van der Waals surface area (Å²) in [5.41, 5.74) is 16.3. The number of thiazole rings is 4. The smallest absolute Gasteiger partial charge is 0.421 e. The molecule has 0 aliphatic heterocycles. The van der Waals surface area contributed by atoms with Gasteiger partial charge in [-0.05, 0) is 145 Å². The Labute approximate surface area is 815 Å². The van der Waals surface area contributed by atoms with E-state index in [9.17, 15) is 65.4 Å². The van der Waals surface area contributed by atoms with Crippen molar-refractivity contribution in [3.63, 3.8) is 0 Å². The van der Waals surface area contributed by atoms with Crippen molar-refractivity contribution in [3.05, 3.63) is 251 Å². The third kappa shape index (κ3) is 42.9. The molecular weight excluding hydrogens is 1970 g/mol. The van der Waals surface area contributed by atoms with E-state index in [-0.39, 0.29) is 154 Å². The number of nitro groups is 4. The second-order valence-electron chi connectivity index (χ2n) is 25.7. The number of aryl methyl sites for hydroxylation is 4. The van der Waals surface area contributed by atoms with Gasteiger partial charge in [0.25, 0.3) is 0 Å². The summed E-state index contributed by atoms with van der Waals surface area (Å²) in [6.45, 7) is 2.07. The van der Waals surface area contributed by atoms with Crippen LogP contribution in [-0.2, 0) is 54.6 Å². The Morgan fingerprint density at radius 3 is 1.14 bits per heavy atom. The van der Waals surface area contributed by atoms with Gasteiger partial charge in [-0.2, -0.15) is 10.2 Å². The molecule has 0 spiro atoms. The van der Waals surface area contributed by atoms with Gasteiger partial charge in [0, 0.05) is 118 Å². The summed E-state index contributed by atoms with van der Waals surface area (Å²) >= 11 is 3.17. The number of aromatic hydroxyl groups is 6. The van der Waals surface area contributed by atoms with E-state index in [4.69, 9.17) is 42.2 Å². The molecule has 0 unspecified atom stereocenters. The van der Waals surface area contributed by atoms with E-state index in [0.717, 1.165) is 162 Å². The van der Waals surface area contributed by atoms with Gasteiger partial charge in [0.1, 0.15) is 124 Å². The SMILES string of the molecule is CN(CCCCCCN(C)c1ccc(N=Nc2n(C)cc[n+]2C)cc1)c1ccc(N=Nc2n(C)cc[n+]2C)cc1.N/C=N\N.N/C=N\N.N=CN=Nc1ccc(O)cc1O.N=CN=Nc1ccc(O)cc1O.NNc1ncc([N+](=O)[O-])s1.O.O.O.O=C1C=CC(=NN=c2[n-]cc([N+](=O)[O-])s2)C(O)=C1.O=C1C=CC(=NN=c2[n-]cc([N+](=O)[O-])s2)C(O)=C1.O=[N+]([O-])c1cnc(N=Nc2ccc(O)cc2O)s1.[Co]. The molecule has 0 saturated carbocycles.